The van der Waals surface area contributed by atoms with E-state index in [9.17, 15) is 14.4 Å². The van der Waals surface area contributed by atoms with Crippen LogP contribution in [-0.2, 0) is 11.3 Å². The fraction of sp³-hybridized carbons (Fsp3) is 0.261. The molecule has 156 valence electrons. The van der Waals surface area contributed by atoms with E-state index >= 15 is 0 Å². The molecular weight excluding hydrogens is 404 g/mol. The average molecular weight is 427 g/mol. The molecule has 0 aliphatic carbocycles. The molecule has 3 rings (SSSR count). The van der Waals surface area contributed by atoms with Gasteiger partial charge in [-0.25, -0.2) is 4.79 Å². The zero-order chi connectivity index (χ0) is 21.7. The molecule has 0 radical (unpaired) electrons. The third kappa shape index (κ3) is 4.71. The third-order valence-corrected chi connectivity index (χ3v) is 4.97. The van der Waals surface area contributed by atoms with Crippen LogP contribution < -0.4 is 10.7 Å². The van der Waals surface area contributed by atoms with Crippen molar-refractivity contribution in [2.75, 3.05) is 11.9 Å². The lowest BCUT2D eigenvalue weighted by atomic mass is 10.1. The van der Waals surface area contributed by atoms with Gasteiger partial charge in [0.2, 0.25) is 5.43 Å². The lowest BCUT2D eigenvalue weighted by Crippen LogP contribution is -2.24. The second-order valence-corrected chi connectivity index (χ2v) is 7.28. The Balaban J connectivity index is 1.82. The number of fused-ring (bicyclic) bond motifs is 1. The summed E-state index contributed by atoms with van der Waals surface area (Å²) in [4.78, 5) is 37.6. The number of aromatic nitrogens is 1. The molecule has 0 atom stereocenters. The van der Waals surface area contributed by atoms with Crippen molar-refractivity contribution >= 4 is 40.1 Å². The Bertz CT molecular complexity index is 1140. The first kappa shape index (κ1) is 21.6. The highest BCUT2D eigenvalue weighted by Crippen LogP contribution is 2.18. The molecule has 30 heavy (non-hydrogen) atoms. The van der Waals surface area contributed by atoms with Crippen molar-refractivity contribution in [3.63, 3.8) is 0 Å². The normalized spacial score (nSPS) is 10.8. The molecule has 3 aromatic rings. The van der Waals surface area contributed by atoms with Crippen molar-refractivity contribution in [1.29, 1.82) is 0 Å². The number of benzene rings is 2. The molecule has 1 amide bonds. The van der Waals surface area contributed by atoms with Gasteiger partial charge in [-0.3, -0.25) is 9.59 Å². The van der Waals surface area contributed by atoms with E-state index in [2.05, 4.69) is 5.32 Å². The molecule has 7 heteroatoms. The van der Waals surface area contributed by atoms with Crippen LogP contribution in [0.15, 0.2) is 53.5 Å². The third-order valence-electron chi connectivity index (χ3n) is 4.74. The number of unbranched alkanes of at least 4 members (excludes halogenated alkanes) is 1. The number of carbonyl (C=O) groups is 2. The van der Waals surface area contributed by atoms with Crippen LogP contribution in [0, 0.1) is 0 Å². The van der Waals surface area contributed by atoms with E-state index in [0.717, 1.165) is 18.4 Å². The van der Waals surface area contributed by atoms with Gasteiger partial charge in [0.1, 0.15) is 5.56 Å². The lowest BCUT2D eigenvalue weighted by molar-refractivity contribution is 0.0499. The van der Waals surface area contributed by atoms with E-state index in [-0.39, 0.29) is 11.0 Å². The van der Waals surface area contributed by atoms with Gasteiger partial charge in [0.05, 0.1) is 17.7 Å². The first-order valence-electron chi connectivity index (χ1n) is 9.85. The van der Waals surface area contributed by atoms with Crippen LogP contribution in [-0.4, -0.2) is 23.1 Å². The topological polar surface area (TPSA) is 77.4 Å². The van der Waals surface area contributed by atoms with Gasteiger partial charge in [0.15, 0.2) is 0 Å². The molecule has 0 saturated heterocycles. The summed E-state index contributed by atoms with van der Waals surface area (Å²) in [6.07, 6.45) is 3.30. The Morgan fingerprint density at radius 2 is 1.83 bits per heavy atom. The molecule has 1 heterocycles. The maximum absolute atomic E-state index is 12.9. The zero-order valence-electron chi connectivity index (χ0n) is 16.9. The van der Waals surface area contributed by atoms with Crippen LogP contribution in [0.1, 0.15) is 47.4 Å². The predicted molar refractivity (Wildman–Crippen MR) is 118 cm³/mol. The first-order chi connectivity index (χ1) is 14.4. The van der Waals surface area contributed by atoms with Crippen molar-refractivity contribution in [2.24, 2.45) is 0 Å². The smallest absolute Gasteiger partial charge is 0.338 e. The second kappa shape index (κ2) is 9.59. The van der Waals surface area contributed by atoms with E-state index in [1.807, 2.05) is 18.4 Å². The van der Waals surface area contributed by atoms with E-state index < -0.39 is 11.9 Å². The largest absolute Gasteiger partial charge is 0.462 e. The number of nitrogens with one attached hydrogen (secondary N) is 1. The number of carbonyl (C=O) groups excluding carboxylic acids is 2. The number of esters is 1. The Kier molecular flexibility index (Phi) is 6.90. The van der Waals surface area contributed by atoms with Gasteiger partial charge < -0.3 is 14.6 Å². The molecule has 0 aliphatic rings. The van der Waals surface area contributed by atoms with Gasteiger partial charge in [-0.15, -0.1) is 0 Å². The molecule has 0 aliphatic heterocycles. The van der Waals surface area contributed by atoms with Gasteiger partial charge in [-0.2, -0.15) is 0 Å². The predicted octanol–water partition coefficient (Wildman–Crippen LogP) is 4.88. The van der Waals surface area contributed by atoms with E-state index in [4.69, 9.17) is 16.3 Å². The number of rotatable bonds is 7. The van der Waals surface area contributed by atoms with Crippen molar-refractivity contribution in [1.82, 2.24) is 4.57 Å². The monoisotopic (exact) mass is 426 g/mol. The number of amides is 1. The molecule has 0 spiro atoms. The summed E-state index contributed by atoms with van der Waals surface area (Å²) in [5, 5.41) is 3.53. The Morgan fingerprint density at radius 1 is 1.10 bits per heavy atom. The Labute approximate surface area is 179 Å². The fourth-order valence-electron chi connectivity index (χ4n) is 3.07. The minimum Gasteiger partial charge on any atom is -0.462 e. The zero-order valence-corrected chi connectivity index (χ0v) is 17.7. The number of hydrogen-bond acceptors (Lipinski definition) is 4. The first-order valence-corrected chi connectivity index (χ1v) is 10.2. The molecule has 0 fully saturated rings. The summed E-state index contributed by atoms with van der Waals surface area (Å²) >= 11 is 6.04. The quantitative estimate of drug-likeness (QED) is 0.431. The molecule has 1 N–H and O–H groups in total. The minimum absolute atomic E-state index is 0.0228. The van der Waals surface area contributed by atoms with Crippen molar-refractivity contribution < 1.29 is 14.3 Å². The molecule has 0 unspecified atom stereocenters. The van der Waals surface area contributed by atoms with Crippen LogP contribution in [0.4, 0.5) is 5.69 Å². The number of hydrogen-bond donors (Lipinski definition) is 1. The van der Waals surface area contributed by atoms with Crippen molar-refractivity contribution in [2.45, 2.75) is 33.2 Å². The summed E-state index contributed by atoms with van der Waals surface area (Å²) < 4.78 is 7.00. The van der Waals surface area contributed by atoms with Gasteiger partial charge >= 0.3 is 5.97 Å². The lowest BCUT2D eigenvalue weighted by Gasteiger charge is -2.12. The number of pyridine rings is 1. The molecule has 2 aromatic carbocycles. The van der Waals surface area contributed by atoms with Crippen LogP contribution in [0.5, 0.6) is 0 Å². The van der Waals surface area contributed by atoms with Gasteiger partial charge in [0.25, 0.3) is 5.91 Å². The molecular formula is C23H23ClN2O4. The van der Waals surface area contributed by atoms with Gasteiger partial charge in [-0.1, -0.05) is 24.9 Å². The van der Waals surface area contributed by atoms with Crippen LogP contribution in [0.2, 0.25) is 5.02 Å². The van der Waals surface area contributed by atoms with Crippen molar-refractivity contribution in [3.05, 3.63) is 75.0 Å². The van der Waals surface area contributed by atoms with Gasteiger partial charge in [0, 0.05) is 28.8 Å². The number of anilines is 1. The highest BCUT2D eigenvalue weighted by Gasteiger charge is 2.16. The summed E-state index contributed by atoms with van der Waals surface area (Å²) in [6, 6.07) is 11.4. The van der Waals surface area contributed by atoms with Crippen LogP contribution in [0.3, 0.4) is 0 Å². The summed E-state index contributed by atoms with van der Waals surface area (Å²) in [5.74, 6) is -0.930. The maximum atomic E-state index is 12.9. The average Bonchev–Trinajstić information content (AvgIpc) is 2.75. The second-order valence-electron chi connectivity index (χ2n) is 6.84. The molecule has 1 aromatic heterocycles. The number of ether oxygens (including phenoxy) is 1. The SMILES string of the molecule is CCCCOC(=O)c1ccc(NC(=O)c2cn(CC)c3ccc(Cl)cc3c2=O)cc1. The molecule has 0 bridgehead atoms. The van der Waals surface area contributed by atoms with Crippen molar-refractivity contribution in [3.8, 4) is 0 Å². The van der Waals surface area contributed by atoms with Crippen LogP contribution in [0.25, 0.3) is 10.9 Å². The van der Waals surface area contributed by atoms with E-state index in [0.29, 0.717) is 34.8 Å². The Morgan fingerprint density at radius 3 is 2.50 bits per heavy atom. The van der Waals surface area contributed by atoms with Crippen LogP contribution >= 0.6 is 11.6 Å². The minimum atomic E-state index is -0.526. The summed E-state index contributed by atoms with van der Waals surface area (Å²) in [6.45, 7) is 4.92. The maximum Gasteiger partial charge on any atom is 0.338 e. The summed E-state index contributed by atoms with van der Waals surface area (Å²) in [5.41, 5.74) is 1.23. The molecule has 0 saturated carbocycles. The van der Waals surface area contributed by atoms with E-state index in [1.54, 1.807) is 48.7 Å². The van der Waals surface area contributed by atoms with E-state index in [1.165, 1.54) is 0 Å². The van der Waals surface area contributed by atoms with Gasteiger partial charge in [-0.05, 0) is 55.8 Å². The molecule has 6 nitrogen and oxygen atoms in total. The highest BCUT2D eigenvalue weighted by molar-refractivity contribution is 6.31. The Hall–Kier alpha value is -3.12. The number of aryl methyl sites for hydroxylation is 1. The fourth-order valence-corrected chi connectivity index (χ4v) is 3.25. The number of halogens is 1. The summed E-state index contributed by atoms with van der Waals surface area (Å²) in [7, 11) is 0. The standard InChI is InChI=1S/C23H23ClN2O4/c1-3-5-12-30-23(29)15-6-9-17(10-7-15)25-22(28)19-14-26(4-2)20-11-8-16(24)13-18(20)21(19)27/h6-11,13-14H,3-5,12H2,1-2H3,(H,25,28). The number of nitrogens with zero attached hydrogens (tertiary/aromatic N) is 1. The highest BCUT2D eigenvalue weighted by atomic mass is 35.5.